The Morgan fingerprint density at radius 3 is 3.00 bits per heavy atom. The van der Waals surface area contributed by atoms with Crippen LogP contribution >= 0.6 is 0 Å². The Kier molecular flexibility index (Phi) is 2.82. The normalized spacial score (nSPS) is 32.2. The Balaban J connectivity index is 2.28. The van der Waals surface area contributed by atoms with Crippen molar-refractivity contribution in [3.05, 3.63) is 0 Å². The molecule has 3 nitrogen and oxygen atoms in total. The fourth-order valence-electron chi connectivity index (χ4n) is 1.36. The van der Waals surface area contributed by atoms with Gasteiger partial charge in [0.2, 0.25) is 0 Å². The van der Waals surface area contributed by atoms with Crippen molar-refractivity contribution in [2.45, 2.75) is 18.6 Å². The molecule has 0 aromatic rings. The maximum Gasteiger partial charge on any atom is 0.293 e. The van der Waals surface area contributed by atoms with Crippen molar-refractivity contribution < 1.29 is 13.9 Å². The molecule has 1 heterocycles. The summed E-state index contributed by atoms with van der Waals surface area (Å²) >= 11 is 0. The molecule has 0 radical (unpaired) electrons. The van der Waals surface area contributed by atoms with E-state index >= 15 is 0 Å². The molecule has 0 aromatic heterocycles. The second kappa shape index (κ2) is 3.67. The first kappa shape index (κ1) is 8.46. The number of carbonyl (C=O) groups excluding carboxylic acids is 1. The lowest BCUT2D eigenvalue weighted by Gasteiger charge is -2.16. The summed E-state index contributed by atoms with van der Waals surface area (Å²) in [5.74, 6) is 0. The highest BCUT2D eigenvalue weighted by atomic mass is 19.1. The molecule has 0 amide bonds. The van der Waals surface area contributed by atoms with Crippen LogP contribution in [0.5, 0.6) is 0 Å². The first-order chi connectivity index (χ1) is 5.24. The molecular weight excluding hydrogens is 149 g/mol. The van der Waals surface area contributed by atoms with Gasteiger partial charge in [-0.25, -0.2) is 4.39 Å². The molecule has 1 aliphatic heterocycles. The molecule has 2 atom stereocenters. The van der Waals surface area contributed by atoms with Crippen LogP contribution in [0.3, 0.4) is 0 Å². The fourth-order valence-corrected chi connectivity index (χ4v) is 1.36. The number of nitrogens with zero attached hydrogens (tertiary/aromatic N) is 1. The van der Waals surface area contributed by atoms with Crippen molar-refractivity contribution in [1.29, 1.82) is 0 Å². The summed E-state index contributed by atoms with van der Waals surface area (Å²) in [5.41, 5.74) is 0. The molecule has 0 aromatic carbocycles. The van der Waals surface area contributed by atoms with Gasteiger partial charge in [-0.15, -0.1) is 0 Å². The van der Waals surface area contributed by atoms with Crippen LogP contribution in [0.4, 0.5) is 4.39 Å². The van der Waals surface area contributed by atoms with E-state index in [1.165, 1.54) is 0 Å². The van der Waals surface area contributed by atoms with E-state index in [1.54, 1.807) is 0 Å². The van der Waals surface area contributed by atoms with Crippen LogP contribution in [0.2, 0.25) is 0 Å². The molecule has 1 saturated heterocycles. The monoisotopic (exact) mass is 161 g/mol. The van der Waals surface area contributed by atoms with Crippen LogP contribution in [-0.4, -0.2) is 43.8 Å². The lowest BCUT2D eigenvalue weighted by Crippen LogP contribution is -2.29. The van der Waals surface area contributed by atoms with E-state index in [4.69, 9.17) is 0 Å². The molecule has 0 saturated carbocycles. The Labute approximate surface area is 65.1 Å². The fraction of sp³-hybridized carbons (Fsp3) is 0.857. The molecule has 0 N–H and O–H groups in total. The van der Waals surface area contributed by atoms with E-state index < -0.39 is 6.17 Å². The molecule has 1 rings (SSSR count). The van der Waals surface area contributed by atoms with E-state index in [-0.39, 0.29) is 6.04 Å². The van der Waals surface area contributed by atoms with Crippen molar-refractivity contribution >= 4 is 6.47 Å². The van der Waals surface area contributed by atoms with Gasteiger partial charge in [-0.2, -0.15) is 0 Å². The highest BCUT2D eigenvalue weighted by molar-refractivity contribution is 5.36. The third-order valence-corrected chi connectivity index (χ3v) is 1.99. The summed E-state index contributed by atoms with van der Waals surface area (Å²) in [6.45, 7) is 1.16. The van der Waals surface area contributed by atoms with Crippen LogP contribution in [0.15, 0.2) is 0 Å². The number of ether oxygens (including phenoxy) is 1. The van der Waals surface area contributed by atoms with Gasteiger partial charge < -0.3 is 4.74 Å². The van der Waals surface area contributed by atoms with Crippen molar-refractivity contribution in [2.75, 3.05) is 20.2 Å². The standard InChI is InChI=1S/C7H12FNO2/c1-9-3-6(8)2-7(9)4-11-5-10/h5-7H,2-4H2,1H3. The summed E-state index contributed by atoms with van der Waals surface area (Å²) in [7, 11) is 1.83. The van der Waals surface area contributed by atoms with Crippen molar-refractivity contribution in [1.82, 2.24) is 4.90 Å². The van der Waals surface area contributed by atoms with Gasteiger partial charge in [-0.1, -0.05) is 0 Å². The summed E-state index contributed by atoms with van der Waals surface area (Å²) < 4.78 is 17.2. The van der Waals surface area contributed by atoms with E-state index in [0.717, 1.165) is 0 Å². The zero-order valence-corrected chi connectivity index (χ0v) is 6.50. The molecule has 0 aliphatic carbocycles. The predicted octanol–water partition coefficient (Wildman–Crippen LogP) is 0.202. The average molecular weight is 161 g/mol. The van der Waals surface area contributed by atoms with Gasteiger partial charge in [0.1, 0.15) is 12.8 Å². The van der Waals surface area contributed by atoms with E-state index in [0.29, 0.717) is 26.0 Å². The number of likely N-dealkylation sites (tertiary alicyclic amines) is 1. The number of likely N-dealkylation sites (N-methyl/N-ethyl adjacent to an activating group) is 1. The molecule has 2 unspecified atom stereocenters. The van der Waals surface area contributed by atoms with Gasteiger partial charge >= 0.3 is 0 Å². The highest BCUT2D eigenvalue weighted by Gasteiger charge is 2.29. The third kappa shape index (κ3) is 2.15. The van der Waals surface area contributed by atoms with Gasteiger partial charge in [0, 0.05) is 12.6 Å². The van der Waals surface area contributed by atoms with Crippen LogP contribution < -0.4 is 0 Å². The number of hydrogen-bond acceptors (Lipinski definition) is 3. The Bertz CT molecular complexity index is 142. The second-order valence-electron chi connectivity index (χ2n) is 2.86. The van der Waals surface area contributed by atoms with Crippen molar-refractivity contribution in [3.63, 3.8) is 0 Å². The molecular formula is C7H12FNO2. The minimum Gasteiger partial charge on any atom is -0.466 e. The number of hydrogen-bond donors (Lipinski definition) is 0. The summed E-state index contributed by atoms with van der Waals surface area (Å²) in [4.78, 5) is 11.7. The molecule has 4 heteroatoms. The topological polar surface area (TPSA) is 29.5 Å². The van der Waals surface area contributed by atoms with Crippen LogP contribution in [0.1, 0.15) is 6.42 Å². The van der Waals surface area contributed by atoms with Crippen molar-refractivity contribution in [2.24, 2.45) is 0 Å². The molecule has 64 valence electrons. The predicted molar refractivity (Wildman–Crippen MR) is 37.9 cm³/mol. The second-order valence-corrected chi connectivity index (χ2v) is 2.86. The smallest absolute Gasteiger partial charge is 0.293 e. The van der Waals surface area contributed by atoms with E-state index in [2.05, 4.69) is 4.74 Å². The Morgan fingerprint density at radius 1 is 1.82 bits per heavy atom. The zero-order valence-electron chi connectivity index (χ0n) is 6.50. The van der Waals surface area contributed by atoms with Crippen molar-refractivity contribution in [3.8, 4) is 0 Å². The van der Waals surface area contributed by atoms with Crippen LogP contribution in [0, 0.1) is 0 Å². The number of halogens is 1. The quantitative estimate of drug-likeness (QED) is 0.554. The van der Waals surface area contributed by atoms with Gasteiger partial charge in [-0.3, -0.25) is 9.69 Å². The van der Waals surface area contributed by atoms with Gasteiger partial charge in [0.15, 0.2) is 0 Å². The molecule has 1 fully saturated rings. The highest BCUT2D eigenvalue weighted by Crippen LogP contribution is 2.17. The van der Waals surface area contributed by atoms with E-state index in [9.17, 15) is 9.18 Å². The summed E-state index contributed by atoms with van der Waals surface area (Å²) in [6, 6.07) is 0.0650. The Hall–Kier alpha value is -0.640. The van der Waals surface area contributed by atoms with E-state index in [1.807, 2.05) is 11.9 Å². The van der Waals surface area contributed by atoms with Gasteiger partial charge in [0.05, 0.1) is 0 Å². The molecule has 0 bridgehead atoms. The number of rotatable bonds is 3. The maximum atomic E-state index is 12.7. The number of alkyl halides is 1. The average Bonchev–Trinajstić information content (AvgIpc) is 2.26. The number of carbonyl (C=O) groups is 1. The minimum absolute atomic E-state index is 0.0650. The van der Waals surface area contributed by atoms with Crippen LogP contribution in [-0.2, 0) is 9.53 Å². The Morgan fingerprint density at radius 2 is 2.55 bits per heavy atom. The minimum atomic E-state index is -0.764. The lowest BCUT2D eigenvalue weighted by atomic mass is 10.2. The molecule has 1 aliphatic rings. The first-order valence-electron chi connectivity index (χ1n) is 3.63. The summed E-state index contributed by atoms with van der Waals surface area (Å²) in [6.07, 6.45) is -0.287. The van der Waals surface area contributed by atoms with Gasteiger partial charge in [-0.05, 0) is 13.5 Å². The summed E-state index contributed by atoms with van der Waals surface area (Å²) in [5, 5.41) is 0. The van der Waals surface area contributed by atoms with Gasteiger partial charge in [0.25, 0.3) is 6.47 Å². The molecule has 11 heavy (non-hydrogen) atoms. The zero-order chi connectivity index (χ0) is 8.27. The van der Waals surface area contributed by atoms with Crippen LogP contribution in [0.25, 0.3) is 0 Å². The lowest BCUT2D eigenvalue weighted by molar-refractivity contribution is -0.129. The third-order valence-electron chi connectivity index (χ3n) is 1.99. The maximum absolute atomic E-state index is 12.7. The first-order valence-corrected chi connectivity index (χ1v) is 3.63. The largest absolute Gasteiger partial charge is 0.466 e. The molecule has 0 spiro atoms. The SMILES string of the molecule is CN1CC(F)CC1COC=O.